The number of thiocarbonyl (C=S) groups is 1. The summed E-state index contributed by atoms with van der Waals surface area (Å²) in [6, 6.07) is 10.8. The molecule has 1 unspecified atom stereocenters. The van der Waals surface area contributed by atoms with Gasteiger partial charge in [-0.25, -0.2) is 0 Å². The zero-order valence-corrected chi connectivity index (χ0v) is 16.2. The van der Waals surface area contributed by atoms with Gasteiger partial charge in [0.2, 0.25) is 5.91 Å². The Hall–Kier alpha value is -1.11. The molecule has 1 amide bonds. The van der Waals surface area contributed by atoms with E-state index in [1.807, 2.05) is 6.07 Å². The molecule has 0 bridgehead atoms. The number of carbonyl (C=O) groups excluding carboxylic acids is 1. The Morgan fingerprint density at radius 1 is 1.33 bits per heavy atom. The fraction of sp³-hybridized carbons (Fsp3) is 0.556. The molecular formula is C18H28N3OS2+. The van der Waals surface area contributed by atoms with E-state index in [4.69, 9.17) is 12.2 Å². The van der Waals surface area contributed by atoms with E-state index in [9.17, 15) is 4.79 Å². The van der Waals surface area contributed by atoms with Gasteiger partial charge in [-0.05, 0) is 13.8 Å². The highest BCUT2D eigenvalue weighted by molar-refractivity contribution is 8.23. The lowest BCUT2D eigenvalue weighted by molar-refractivity contribution is -0.901. The Morgan fingerprint density at radius 3 is 2.71 bits per heavy atom. The first kappa shape index (κ1) is 19.2. The third-order valence-electron chi connectivity index (χ3n) is 4.39. The molecule has 0 aromatic heterocycles. The zero-order valence-electron chi connectivity index (χ0n) is 14.6. The van der Waals surface area contributed by atoms with Crippen molar-refractivity contribution in [1.82, 2.24) is 10.2 Å². The largest absolute Gasteiger partial charge is 0.358 e. The molecule has 1 aliphatic rings. The topological polar surface area (TPSA) is 36.8 Å². The molecule has 0 saturated carbocycles. The molecule has 0 aliphatic carbocycles. The minimum Gasteiger partial charge on any atom is -0.358 e. The summed E-state index contributed by atoms with van der Waals surface area (Å²) >= 11 is 6.84. The van der Waals surface area contributed by atoms with E-state index in [2.05, 4.69) is 48.3 Å². The number of nitrogens with one attached hydrogen (secondary N) is 2. The van der Waals surface area contributed by atoms with Gasteiger partial charge in [-0.1, -0.05) is 54.3 Å². The number of thioether (sulfide) groups is 1. The van der Waals surface area contributed by atoms with Crippen LogP contribution in [0.1, 0.15) is 25.8 Å². The number of carbonyl (C=O) groups is 1. The van der Waals surface area contributed by atoms with E-state index in [1.54, 1.807) is 0 Å². The van der Waals surface area contributed by atoms with E-state index in [0.717, 1.165) is 43.5 Å². The number of hydrogen-bond donors (Lipinski definition) is 2. The summed E-state index contributed by atoms with van der Waals surface area (Å²) in [6.07, 6.45) is 1.05. The Labute approximate surface area is 155 Å². The molecule has 1 heterocycles. The van der Waals surface area contributed by atoms with Crippen molar-refractivity contribution in [3.05, 3.63) is 35.9 Å². The van der Waals surface area contributed by atoms with Crippen LogP contribution in [0.4, 0.5) is 0 Å². The van der Waals surface area contributed by atoms with Crippen LogP contribution in [0.2, 0.25) is 0 Å². The fourth-order valence-corrected chi connectivity index (χ4v) is 4.28. The summed E-state index contributed by atoms with van der Waals surface area (Å²) in [4.78, 5) is 15.8. The molecule has 1 saturated heterocycles. The molecule has 1 aliphatic heterocycles. The molecule has 2 rings (SSSR count). The lowest BCUT2D eigenvalue weighted by Crippen LogP contribution is -3.09. The Kier molecular flexibility index (Phi) is 8.02. The van der Waals surface area contributed by atoms with Crippen LogP contribution in [0.5, 0.6) is 0 Å². The summed E-state index contributed by atoms with van der Waals surface area (Å²) in [6.45, 7) is 9.11. The average Bonchev–Trinajstić information content (AvgIpc) is 3.02. The number of benzene rings is 1. The lowest BCUT2D eigenvalue weighted by Gasteiger charge is -2.20. The van der Waals surface area contributed by atoms with Gasteiger partial charge in [-0.2, -0.15) is 0 Å². The predicted molar refractivity (Wildman–Crippen MR) is 105 cm³/mol. The normalized spacial score (nSPS) is 19.9. The molecular weight excluding hydrogens is 338 g/mol. The number of rotatable bonds is 7. The molecule has 6 heteroatoms. The number of amides is 1. The number of quaternary nitrogens is 1. The minimum atomic E-state index is 0.0977. The first-order valence-electron chi connectivity index (χ1n) is 8.70. The summed E-state index contributed by atoms with van der Waals surface area (Å²) in [5.41, 5.74) is 1.36. The quantitative estimate of drug-likeness (QED) is 0.714. The maximum atomic E-state index is 12.1. The highest BCUT2D eigenvalue weighted by Gasteiger charge is 2.27. The van der Waals surface area contributed by atoms with Gasteiger partial charge in [0.25, 0.3) is 0 Å². The lowest BCUT2D eigenvalue weighted by atomic mass is 10.2. The van der Waals surface area contributed by atoms with E-state index >= 15 is 0 Å². The van der Waals surface area contributed by atoms with Gasteiger partial charge in [0.1, 0.15) is 10.9 Å². The van der Waals surface area contributed by atoms with Crippen LogP contribution < -0.4 is 10.2 Å². The van der Waals surface area contributed by atoms with Crippen molar-refractivity contribution in [2.75, 3.05) is 31.9 Å². The van der Waals surface area contributed by atoms with Crippen LogP contribution >= 0.6 is 24.0 Å². The van der Waals surface area contributed by atoms with Crippen molar-refractivity contribution in [3.63, 3.8) is 0 Å². The van der Waals surface area contributed by atoms with Gasteiger partial charge in [-0.3, -0.25) is 4.79 Å². The molecule has 1 aromatic carbocycles. The van der Waals surface area contributed by atoms with E-state index in [1.165, 1.54) is 22.2 Å². The van der Waals surface area contributed by atoms with Crippen LogP contribution in [0.25, 0.3) is 0 Å². The second-order valence-electron chi connectivity index (χ2n) is 6.15. The van der Waals surface area contributed by atoms with Crippen LogP contribution in [0, 0.1) is 0 Å². The maximum absolute atomic E-state index is 12.1. The van der Waals surface area contributed by atoms with Gasteiger partial charge in [0, 0.05) is 25.1 Å². The van der Waals surface area contributed by atoms with Crippen molar-refractivity contribution < 1.29 is 9.69 Å². The second kappa shape index (κ2) is 10.0. The minimum absolute atomic E-state index is 0.0977. The molecule has 2 N–H and O–H groups in total. The standard InChI is InChI=1S/C18H27N3OS2/c1-3-21(4-2)18(23)24-14-17(22)19-16-10-11-20(13-16)12-15-8-6-5-7-9-15/h5-9,16H,3-4,10-14H2,1-2H3,(H,19,22)/p+1/t16-/m1/s1. The maximum Gasteiger partial charge on any atom is 0.230 e. The second-order valence-corrected chi connectivity index (χ2v) is 7.76. The first-order valence-corrected chi connectivity index (χ1v) is 10.1. The van der Waals surface area contributed by atoms with Crippen molar-refractivity contribution in [1.29, 1.82) is 0 Å². The van der Waals surface area contributed by atoms with Gasteiger partial charge >= 0.3 is 0 Å². The van der Waals surface area contributed by atoms with Crippen LogP contribution in [-0.2, 0) is 11.3 Å². The van der Waals surface area contributed by atoms with Crippen molar-refractivity contribution in [3.8, 4) is 0 Å². The third kappa shape index (κ3) is 6.07. The molecule has 24 heavy (non-hydrogen) atoms. The first-order chi connectivity index (χ1) is 11.6. The molecule has 1 fully saturated rings. The smallest absolute Gasteiger partial charge is 0.230 e. The Morgan fingerprint density at radius 2 is 2.04 bits per heavy atom. The highest BCUT2D eigenvalue weighted by atomic mass is 32.2. The number of likely N-dealkylation sites (tertiary alicyclic amines) is 1. The van der Waals surface area contributed by atoms with Gasteiger partial charge in [0.05, 0.1) is 24.9 Å². The summed E-state index contributed by atoms with van der Waals surface area (Å²) in [7, 11) is 0. The average molecular weight is 367 g/mol. The molecule has 4 nitrogen and oxygen atoms in total. The third-order valence-corrected chi connectivity index (χ3v) is 5.92. The SMILES string of the molecule is CCN(CC)C(=S)SCC(=O)N[C@@H]1CC[NH+](Cc2ccccc2)C1. The molecule has 1 aromatic rings. The predicted octanol–water partition coefficient (Wildman–Crippen LogP) is 1.32. The van der Waals surface area contributed by atoms with Gasteiger partial charge in [-0.15, -0.1) is 0 Å². The highest BCUT2D eigenvalue weighted by Crippen LogP contribution is 2.09. The summed E-state index contributed by atoms with van der Waals surface area (Å²) in [5.74, 6) is 0.514. The van der Waals surface area contributed by atoms with E-state index in [-0.39, 0.29) is 5.91 Å². The van der Waals surface area contributed by atoms with Crippen molar-refractivity contribution >= 4 is 34.2 Å². The summed E-state index contributed by atoms with van der Waals surface area (Å²) in [5, 5.41) is 3.17. The van der Waals surface area contributed by atoms with Crippen molar-refractivity contribution in [2.24, 2.45) is 0 Å². The summed E-state index contributed by atoms with van der Waals surface area (Å²) < 4.78 is 0.818. The molecule has 0 radical (unpaired) electrons. The van der Waals surface area contributed by atoms with Crippen LogP contribution in [0.15, 0.2) is 30.3 Å². The van der Waals surface area contributed by atoms with Gasteiger partial charge < -0.3 is 15.1 Å². The Bertz CT molecular complexity index is 534. The Balaban J connectivity index is 1.69. The zero-order chi connectivity index (χ0) is 17.4. The molecule has 2 atom stereocenters. The van der Waals surface area contributed by atoms with E-state index in [0.29, 0.717) is 11.8 Å². The number of nitrogens with zero attached hydrogens (tertiary/aromatic N) is 1. The fourth-order valence-electron chi connectivity index (χ4n) is 3.07. The molecule has 132 valence electrons. The van der Waals surface area contributed by atoms with Crippen LogP contribution in [0.3, 0.4) is 0 Å². The molecule has 0 spiro atoms. The van der Waals surface area contributed by atoms with Gasteiger partial charge in [0.15, 0.2) is 0 Å². The van der Waals surface area contributed by atoms with E-state index < -0.39 is 0 Å². The monoisotopic (exact) mass is 366 g/mol. The van der Waals surface area contributed by atoms with Crippen molar-refractivity contribution in [2.45, 2.75) is 32.9 Å². The van der Waals surface area contributed by atoms with Crippen LogP contribution in [-0.4, -0.2) is 53.1 Å². The number of hydrogen-bond acceptors (Lipinski definition) is 3.